The van der Waals surface area contributed by atoms with Crippen LogP contribution >= 0.6 is 15.6 Å². The minimum absolute atomic E-state index is 0.0559. The molecule has 2 bridgehead atoms. The summed E-state index contributed by atoms with van der Waals surface area (Å²) in [5.41, 5.74) is 0. The molecule has 0 aromatic carbocycles. The van der Waals surface area contributed by atoms with Crippen molar-refractivity contribution in [2.45, 2.75) is 203 Å². The summed E-state index contributed by atoms with van der Waals surface area (Å²) in [5, 5.41) is 79.0. The molecule has 0 saturated carbocycles. The van der Waals surface area contributed by atoms with Crippen LogP contribution < -0.4 is 0 Å². The number of phosphoric ester groups is 2. The van der Waals surface area contributed by atoms with Crippen molar-refractivity contribution >= 4 is 27.6 Å². The van der Waals surface area contributed by atoms with Gasteiger partial charge in [-0.25, -0.2) is 9.13 Å². The van der Waals surface area contributed by atoms with E-state index in [1.165, 1.54) is 6.08 Å². The first-order chi connectivity index (χ1) is 31.8. The smallest absolute Gasteiger partial charge is 0.462 e. The van der Waals surface area contributed by atoms with Gasteiger partial charge in [-0.15, -0.1) is 0 Å². The monoisotopic (exact) mass is 1000 g/mol. The molecular formula is C45H78O20P2. The second-order valence-electron chi connectivity index (χ2n) is 17.0. The molecule has 67 heavy (non-hydrogen) atoms. The number of unbranched alkanes of at least 4 members (excludes halogenated alkanes) is 8. The molecule has 0 amide bonds. The molecule has 2 aliphatic heterocycles. The molecule has 1 fully saturated rings. The normalized spacial score (nSPS) is 32.1. The highest BCUT2D eigenvalue weighted by Crippen LogP contribution is 2.49. The Hall–Kier alpha value is -2.20. The Morgan fingerprint density at radius 2 is 1.58 bits per heavy atom. The van der Waals surface area contributed by atoms with Gasteiger partial charge in [0.1, 0.15) is 43.2 Å². The first-order valence-corrected chi connectivity index (χ1v) is 26.6. The summed E-state index contributed by atoms with van der Waals surface area (Å²) in [7, 11) is -11.5. The average molecular weight is 1000 g/mol. The van der Waals surface area contributed by atoms with Crippen molar-refractivity contribution in [1.82, 2.24) is 0 Å². The molecule has 388 valence electrons. The van der Waals surface area contributed by atoms with Crippen LogP contribution in [0, 0.1) is 5.92 Å². The van der Waals surface area contributed by atoms with Crippen LogP contribution in [0.1, 0.15) is 136 Å². The Morgan fingerprint density at radius 1 is 0.881 bits per heavy atom. The van der Waals surface area contributed by atoms with E-state index in [0.717, 1.165) is 69.9 Å². The minimum atomic E-state index is -5.80. The molecular weight excluding hydrogens is 922 g/mol. The topological polar surface area (TPSA) is 326 Å². The highest BCUT2D eigenvalue weighted by atomic mass is 31.2. The fourth-order valence-corrected chi connectivity index (χ4v) is 8.93. The number of cyclic esters (lactones) is 1. The largest absolute Gasteiger partial charge is 0.472 e. The molecule has 0 aromatic rings. The zero-order chi connectivity index (χ0) is 49.8. The van der Waals surface area contributed by atoms with E-state index in [4.69, 9.17) is 27.8 Å². The molecule has 22 heteroatoms. The lowest BCUT2D eigenvalue weighted by Gasteiger charge is -2.41. The number of carbonyl (C=O) groups excluding carboxylic acids is 2. The number of aliphatic hydroxyl groups excluding tert-OH is 7. The Morgan fingerprint density at radius 3 is 2.28 bits per heavy atom. The predicted octanol–water partition coefficient (Wildman–Crippen LogP) is 4.61. The molecule has 2 heterocycles. The number of hydrogen-bond donors (Lipinski definition) is 10. The molecule has 13 atom stereocenters. The highest BCUT2D eigenvalue weighted by molar-refractivity contribution is 7.47. The SMILES string of the molecule is CCC/C=C\C/C=C\CCCCCCCC(=O)O[C@@H]1COC(=O)CCCC=CC[C@@H]2[C@@H](O)[C@H](O)[C@@H](O)[C@H](OP(=O)(O)OC1)[C@H](OP(=O)(O)O)[C@H](O)[C@@H](/C=C/[C@@H](O)CCCCC)OC(O)C[C@@H]2O. The van der Waals surface area contributed by atoms with Crippen LogP contribution in [0.3, 0.4) is 0 Å². The quantitative estimate of drug-likeness (QED) is 0.0325. The molecule has 0 spiro atoms. The van der Waals surface area contributed by atoms with Crippen LogP contribution in [0.25, 0.3) is 0 Å². The number of phosphoric acid groups is 2. The summed E-state index contributed by atoms with van der Waals surface area (Å²) < 4.78 is 57.7. The van der Waals surface area contributed by atoms with Crippen molar-refractivity contribution in [2.24, 2.45) is 5.92 Å². The second kappa shape index (κ2) is 33.4. The van der Waals surface area contributed by atoms with E-state index in [9.17, 15) is 69.1 Å². The molecule has 1 saturated heterocycles. The molecule has 2 unspecified atom stereocenters. The van der Waals surface area contributed by atoms with Gasteiger partial charge >= 0.3 is 27.6 Å². The van der Waals surface area contributed by atoms with E-state index in [1.54, 1.807) is 6.08 Å². The molecule has 0 aliphatic carbocycles. The first kappa shape index (κ1) is 60.9. The van der Waals surface area contributed by atoms with Crippen LogP contribution in [-0.2, 0) is 46.5 Å². The number of fused-ring (bicyclic) bond motifs is 4. The lowest BCUT2D eigenvalue weighted by Crippen LogP contribution is -2.58. The summed E-state index contributed by atoms with van der Waals surface area (Å²) >= 11 is 0. The standard InChI is InChI=1S/C45H78O20P2/c1-3-5-7-8-9-10-11-12-13-14-15-16-22-26-38(49)62-33-30-60-37(48)25-21-18-17-20-24-34-35(47)29-39(50)63-36(28-27-32(46)23-19-6-4-2)41(52)44(64-66(55,56)57)45(43(54)42(53)40(34)51)65-67(58,59)61-31-33/h7-8,10-11,17,20,27-28,32-36,39-47,50-54H,3-6,9,12-16,18-19,21-26,29-31H2,1-2H3,(H,58,59)(H2,55,56,57)/b8-7-,11-10-,20-17?,28-27+/t32-,33+,34-,35-,36+,39?,40+,41+,42-,43+,44+,45-/m0/s1. The highest BCUT2D eigenvalue weighted by Gasteiger charge is 2.50. The van der Waals surface area contributed by atoms with Crippen LogP contribution in [0.5, 0.6) is 0 Å². The van der Waals surface area contributed by atoms with Gasteiger partial charge in [-0.1, -0.05) is 107 Å². The molecule has 2 aliphatic rings. The lowest BCUT2D eigenvalue weighted by atomic mass is 9.83. The van der Waals surface area contributed by atoms with E-state index in [0.29, 0.717) is 19.3 Å². The average Bonchev–Trinajstić information content (AvgIpc) is 3.26. The van der Waals surface area contributed by atoms with Crippen molar-refractivity contribution in [3.8, 4) is 0 Å². The minimum Gasteiger partial charge on any atom is -0.462 e. The zero-order valence-electron chi connectivity index (χ0n) is 38.8. The molecule has 0 aromatic heterocycles. The summed E-state index contributed by atoms with van der Waals surface area (Å²) in [6.07, 6.45) is 0.0356. The second-order valence-corrected chi connectivity index (χ2v) is 19.6. The third kappa shape index (κ3) is 26.0. The number of aliphatic hydroxyl groups is 7. The van der Waals surface area contributed by atoms with Gasteiger partial charge in [0.25, 0.3) is 0 Å². The van der Waals surface area contributed by atoms with Crippen molar-refractivity contribution in [2.75, 3.05) is 13.2 Å². The third-order valence-corrected chi connectivity index (χ3v) is 12.7. The van der Waals surface area contributed by atoms with E-state index < -0.39 is 120 Å². The summed E-state index contributed by atoms with van der Waals surface area (Å²) in [5.74, 6) is -2.90. The lowest BCUT2D eigenvalue weighted by molar-refractivity contribution is -0.210. The Kier molecular flexibility index (Phi) is 30.4. The van der Waals surface area contributed by atoms with Crippen LogP contribution in [-0.4, -0.2) is 143 Å². The maximum absolute atomic E-state index is 13.8. The summed E-state index contributed by atoms with van der Waals surface area (Å²) in [6.45, 7) is 2.43. The van der Waals surface area contributed by atoms with E-state index in [-0.39, 0.29) is 38.5 Å². The fraction of sp³-hybridized carbons (Fsp3) is 0.778. The van der Waals surface area contributed by atoms with Crippen LogP contribution in [0.4, 0.5) is 0 Å². The van der Waals surface area contributed by atoms with Crippen molar-refractivity contribution in [3.05, 3.63) is 48.6 Å². The Balaban J connectivity index is 2.44. The Bertz CT molecular complexity index is 1600. The van der Waals surface area contributed by atoms with Gasteiger partial charge in [0.15, 0.2) is 12.4 Å². The van der Waals surface area contributed by atoms with E-state index in [1.807, 2.05) is 6.92 Å². The van der Waals surface area contributed by atoms with E-state index >= 15 is 0 Å². The molecule has 20 nitrogen and oxygen atoms in total. The Labute approximate surface area is 394 Å². The first-order valence-electron chi connectivity index (χ1n) is 23.6. The van der Waals surface area contributed by atoms with Gasteiger partial charge in [0.05, 0.1) is 24.9 Å². The summed E-state index contributed by atoms with van der Waals surface area (Å²) in [4.78, 5) is 56.7. The summed E-state index contributed by atoms with van der Waals surface area (Å²) in [6, 6.07) is 0. The third-order valence-electron chi connectivity index (χ3n) is 11.2. The number of carbonyl (C=O) groups is 2. The molecule has 10 N–H and O–H groups in total. The van der Waals surface area contributed by atoms with E-state index in [2.05, 4.69) is 31.2 Å². The predicted molar refractivity (Wildman–Crippen MR) is 244 cm³/mol. The van der Waals surface area contributed by atoms with Gasteiger partial charge in [0, 0.05) is 25.2 Å². The van der Waals surface area contributed by atoms with Gasteiger partial charge in [0.2, 0.25) is 0 Å². The van der Waals surface area contributed by atoms with Crippen LogP contribution in [0.2, 0.25) is 0 Å². The number of rotatable bonds is 21. The number of allylic oxidation sites excluding steroid dienone is 6. The number of esters is 2. The fourth-order valence-electron chi connectivity index (χ4n) is 7.40. The van der Waals surface area contributed by atoms with Crippen molar-refractivity contribution in [3.63, 3.8) is 0 Å². The van der Waals surface area contributed by atoms with Gasteiger partial charge < -0.3 is 64.6 Å². The molecule has 2 rings (SSSR count). The number of ether oxygens (including phenoxy) is 3. The van der Waals surface area contributed by atoms with Crippen molar-refractivity contribution in [1.29, 1.82) is 0 Å². The zero-order valence-corrected chi connectivity index (χ0v) is 40.6. The maximum atomic E-state index is 13.8. The number of hydrogen-bond acceptors (Lipinski definition) is 17. The van der Waals surface area contributed by atoms with Gasteiger partial charge in [-0.05, 0) is 57.8 Å². The van der Waals surface area contributed by atoms with Gasteiger partial charge in [-0.3, -0.25) is 23.2 Å². The molecule has 0 radical (unpaired) electrons. The van der Waals surface area contributed by atoms with Crippen molar-refractivity contribution < 1.29 is 96.9 Å². The van der Waals surface area contributed by atoms with Gasteiger partial charge in [-0.2, -0.15) is 0 Å². The van der Waals surface area contributed by atoms with Crippen LogP contribution in [0.15, 0.2) is 48.6 Å². The maximum Gasteiger partial charge on any atom is 0.472 e.